The average Bonchev–Trinajstić information content (AvgIpc) is 3.00. The first-order valence-corrected chi connectivity index (χ1v) is 10.6. The molecule has 0 N–H and O–H groups in total. The van der Waals surface area contributed by atoms with E-state index in [1.807, 2.05) is 0 Å². The van der Waals surface area contributed by atoms with Crippen LogP contribution in [0, 0.1) is 5.92 Å². The van der Waals surface area contributed by atoms with Crippen LogP contribution in [0.25, 0.3) is 0 Å². The van der Waals surface area contributed by atoms with Gasteiger partial charge < -0.3 is 14.0 Å². The second kappa shape index (κ2) is 6.29. The lowest BCUT2D eigenvalue weighted by atomic mass is 9.99. The van der Waals surface area contributed by atoms with Crippen molar-refractivity contribution in [2.45, 2.75) is 63.1 Å². The normalized spacial score (nSPS) is 59.0. The molecule has 0 aromatic heterocycles. The molecule has 0 aromatic rings. The van der Waals surface area contributed by atoms with Crippen LogP contribution >= 0.6 is 18.0 Å². The fraction of sp³-hybridized carbons (Fsp3) is 1.00. The molecule has 0 spiro atoms. The van der Waals surface area contributed by atoms with Gasteiger partial charge in [-0.15, -0.1) is 0 Å². The first kappa shape index (κ1) is 12.0. The molecule has 116 valence electrons. The maximum Gasteiger partial charge on any atom is 0.258 e. The smallest absolute Gasteiger partial charge is 0.258 e. The summed E-state index contributed by atoms with van der Waals surface area (Å²) in [4.78, 5) is 0. The Balaban J connectivity index is 1.64. The summed E-state index contributed by atoms with van der Waals surface area (Å²) in [5.74, 6) is 0.301. The molecule has 0 aromatic carbocycles. The van der Waals surface area contributed by atoms with E-state index >= 15 is 0 Å². The molecule has 3 heterocycles. The van der Waals surface area contributed by atoms with Crippen molar-refractivity contribution >= 4 is 18.0 Å². The maximum absolute atomic E-state index is 13.2. The molecular weight excluding hydrogens is 295 g/mol. The highest BCUT2D eigenvalue weighted by Gasteiger charge is 2.43. The first-order valence-electron chi connectivity index (χ1n) is 9.17. The van der Waals surface area contributed by atoms with Gasteiger partial charge in [-0.05, 0) is 38.5 Å². The lowest BCUT2D eigenvalue weighted by Gasteiger charge is -2.34. The van der Waals surface area contributed by atoms with Crippen molar-refractivity contribution in [1.29, 1.82) is 0 Å². The van der Waals surface area contributed by atoms with Crippen molar-refractivity contribution in [3.63, 3.8) is 0 Å². The van der Waals surface area contributed by atoms with Gasteiger partial charge in [-0.25, -0.2) is 0 Å². The summed E-state index contributed by atoms with van der Waals surface area (Å²) in [5.41, 5.74) is 0. The van der Waals surface area contributed by atoms with Crippen molar-refractivity contribution < 1.29 is 22.7 Å². The Hall–Kier alpha value is 0.460. The monoisotopic (exact) mass is 325 g/mol. The molecule has 3 aliphatic heterocycles. The van der Waals surface area contributed by atoms with Gasteiger partial charge in [0.1, 0.15) is 0 Å². The van der Waals surface area contributed by atoms with Crippen LogP contribution < -0.4 is 0 Å². The SMILES string of the molecule is [2H]C[C@H]1O[C@H]([3H])C[C@@H]1O[P@]1(=O)CCC[C@H]([C@H]2O[C@H]([3H])C[C@@H]2C)S1. The maximum atomic E-state index is 13.2. The van der Waals surface area contributed by atoms with E-state index in [0.29, 0.717) is 18.5 Å². The number of hydrogen-bond acceptors (Lipinski definition) is 5. The third kappa shape index (κ3) is 3.27. The molecule has 3 aliphatic rings. The minimum atomic E-state index is -2.87. The standard InChI is InChI=1S/C14H25O4PS/c1-10-5-7-17-14(10)13-4-3-9-19(15,20-13)18-12-6-8-16-11(12)2/h10-14H,3-9H2,1-2H3/t10-,11+,12-,13+,14-,19+/m0/s1/i2D,7T,8T/t7-,8-,10+,11-,12+,13-,14+,19-/m1. The Bertz CT molecular complexity index is 471. The second-order valence-electron chi connectivity index (χ2n) is 5.82. The van der Waals surface area contributed by atoms with Gasteiger partial charge >= 0.3 is 0 Å². The minimum Gasteiger partial charge on any atom is -0.377 e. The predicted octanol–water partition coefficient (Wildman–Crippen LogP) is 3.69. The van der Waals surface area contributed by atoms with E-state index in [2.05, 4.69) is 6.92 Å². The molecule has 0 amide bonds. The highest BCUT2D eigenvalue weighted by molar-refractivity contribution is 8.57. The largest absolute Gasteiger partial charge is 0.377 e. The summed E-state index contributed by atoms with van der Waals surface area (Å²) in [6, 6.07) is 0. The van der Waals surface area contributed by atoms with Gasteiger partial charge in [-0.1, -0.05) is 18.3 Å². The summed E-state index contributed by atoms with van der Waals surface area (Å²) in [6.45, 7) is -1.91. The van der Waals surface area contributed by atoms with Crippen LogP contribution in [0.2, 0.25) is 0 Å². The lowest BCUT2D eigenvalue weighted by Crippen LogP contribution is -2.30. The molecule has 3 saturated heterocycles. The molecule has 3 fully saturated rings. The molecule has 0 radical (unpaired) electrons. The fourth-order valence-corrected chi connectivity index (χ4v) is 8.67. The van der Waals surface area contributed by atoms with Gasteiger partial charge in [0, 0.05) is 25.9 Å². The van der Waals surface area contributed by atoms with Gasteiger partial charge in [-0.3, -0.25) is 4.57 Å². The number of rotatable bonds is 3. The second-order valence-corrected chi connectivity index (χ2v) is 10.8. The Labute approximate surface area is 129 Å². The molecule has 0 bridgehead atoms. The van der Waals surface area contributed by atoms with E-state index in [4.69, 9.17) is 18.1 Å². The molecular formula is C14H25O4PS. The predicted molar refractivity (Wildman–Crippen MR) is 81.5 cm³/mol. The third-order valence-corrected chi connectivity index (χ3v) is 9.31. The molecule has 20 heavy (non-hydrogen) atoms. The zero-order valence-electron chi connectivity index (χ0n) is 14.8. The van der Waals surface area contributed by atoms with E-state index in [0.717, 1.165) is 19.3 Å². The van der Waals surface area contributed by atoms with Gasteiger partial charge in [0.15, 0.2) is 0 Å². The van der Waals surface area contributed by atoms with Crippen LogP contribution in [0.15, 0.2) is 0 Å². The average molecular weight is 325 g/mol. The Kier molecular flexibility index (Phi) is 3.76. The van der Waals surface area contributed by atoms with Gasteiger partial charge in [-0.2, -0.15) is 0 Å². The Morgan fingerprint density at radius 1 is 1.40 bits per heavy atom. The third-order valence-electron chi connectivity index (χ3n) is 4.18. The van der Waals surface area contributed by atoms with Gasteiger partial charge in [0.05, 0.1) is 21.1 Å². The van der Waals surface area contributed by atoms with Crippen LogP contribution in [-0.2, 0) is 18.6 Å². The van der Waals surface area contributed by atoms with Crippen LogP contribution in [0.4, 0.5) is 0 Å². The summed E-state index contributed by atoms with van der Waals surface area (Å²) in [7, 11) is 0. The zero-order valence-corrected chi connectivity index (χ0v) is 13.5. The van der Waals surface area contributed by atoms with Crippen molar-refractivity contribution in [3.05, 3.63) is 0 Å². The molecule has 6 heteroatoms. The van der Waals surface area contributed by atoms with Crippen molar-refractivity contribution in [3.8, 4) is 0 Å². The fourth-order valence-electron chi connectivity index (χ4n) is 2.97. The van der Waals surface area contributed by atoms with Crippen LogP contribution in [-0.4, -0.2) is 42.9 Å². The topological polar surface area (TPSA) is 44.8 Å². The highest BCUT2D eigenvalue weighted by atomic mass is 32.7. The Morgan fingerprint density at radius 2 is 2.25 bits per heavy atom. The van der Waals surface area contributed by atoms with Crippen molar-refractivity contribution in [2.75, 3.05) is 19.3 Å². The summed E-state index contributed by atoms with van der Waals surface area (Å²) in [5, 5.41) is 0.100. The summed E-state index contributed by atoms with van der Waals surface area (Å²) < 4.78 is 53.1. The molecule has 0 saturated carbocycles. The highest BCUT2D eigenvalue weighted by Crippen LogP contribution is 2.67. The number of hydrogen-bond donors (Lipinski definition) is 0. The van der Waals surface area contributed by atoms with E-state index in [1.165, 1.54) is 11.4 Å². The summed E-state index contributed by atoms with van der Waals surface area (Å²) in [6.07, 6.45) is 2.49. The van der Waals surface area contributed by atoms with E-state index in [-0.39, 0.29) is 18.3 Å². The van der Waals surface area contributed by atoms with E-state index in [1.54, 1.807) is 0 Å². The van der Waals surface area contributed by atoms with Crippen molar-refractivity contribution in [2.24, 2.45) is 5.92 Å². The van der Waals surface area contributed by atoms with E-state index in [9.17, 15) is 4.57 Å². The van der Waals surface area contributed by atoms with Gasteiger partial charge in [0.2, 0.25) is 0 Å². The van der Waals surface area contributed by atoms with Gasteiger partial charge in [0.25, 0.3) is 6.57 Å². The number of ether oxygens (including phenoxy) is 2. The first-order chi connectivity index (χ1) is 10.9. The lowest BCUT2D eigenvalue weighted by molar-refractivity contribution is 0.0694. The van der Waals surface area contributed by atoms with Crippen LogP contribution in [0.3, 0.4) is 0 Å². The molecule has 8 atom stereocenters. The summed E-state index contributed by atoms with van der Waals surface area (Å²) >= 11 is 1.38. The van der Waals surface area contributed by atoms with E-state index < -0.39 is 31.9 Å². The van der Waals surface area contributed by atoms with Crippen molar-refractivity contribution in [1.82, 2.24) is 0 Å². The van der Waals surface area contributed by atoms with Crippen LogP contribution in [0.5, 0.6) is 0 Å². The molecule has 3 rings (SSSR count). The Morgan fingerprint density at radius 3 is 3.00 bits per heavy atom. The molecule has 4 nitrogen and oxygen atoms in total. The molecule has 0 aliphatic carbocycles. The zero-order chi connectivity index (χ0) is 16.6. The van der Waals surface area contributed by atoms with Crippen LogP contribution in [0.1, 0.15) is 43.6 Å². The minimum absolute atomic E-state index is 0.0252. The molecule has 0 unspecified atom stereocenters. The quantitative estimate of drug-likeness (QED) is 0.740.